The number of morpholine rings is 1. The molecular formula is C21H24N6O2. The van der Waals surface area contributed by atoms with Crippen LogP contribution in [0.1, 0.15) is 18.7 Å². The average molecular weight is 392 g/mol. The van der Waals surface area contributed by atoms with Crippen LogP contribution < -0.4 is 15.0 Å². The van der Waals surface area contributed by atoms with Gasteiger partial charge < -0.3 is 19.7 Å². The van der Waals surface area contributed by atoms with Crippen LogP contribution in [0, 0.1) is 6.92 Å². The Hall–Kier alpha value is -3.00. The van der Waals surface area contributed by atoms with Gasteiger partial charge in [0.05, 0.1) is 18.7 Å². The van der Waals surface area contributed by atoms with E-state index in [0.29, 0.717) is 6.04 Å². The zero-order valence-corrected chi connectivity index (χ0v) is 16.4. The first kappa shape index (κ1) is 18.1. The van der Waals surface area contributed by atoms with Crippen LogP contribution in [0.4, 0.5) is 11.5 Å². The van der Waals surface area contributed by atoms with Crippen molar-refractivity contribution >= 4 is 22.5 Å². The van der Waals surface area contributed by atoms with Gasteiger partial charge in [0.15, 0.2) is 0 Å². The fourth-order valence-electron chi connectivity index (χ4n) is 3.83. The summed E-state index contributed by atoms with van der Waals surface area (Å²) in [7, 11) is 0. The molecular weight excluding hydrogens is 368 g/mol. The minimum Gasteiger partial charge on any atom is -0.488 e. The predicted molar refractivity (Wildman–Crippen MR) is 110 cm³/mol. The highest BCUT2D eigenvalue weighted by Crippen LogP contribution is 2.34. The predicted octanol–water partition coefficient (Wildman–Crippen LogP) is 2.59. The molecule has 0 bridgehead atoms. The van der Waals surface area contributed by atoms with Gasteiger partial charge in [-0.2, -0.15) is 0 Å². The summed E-state index contributed by atoms with van der Waals surface area (Å²) in [5, 5.41) is 3.45. The second-order valence-corrected chi connectivity index (χ2v) is 7.51. The standard InChI is InChI=1S/C21H24N6O2/c1-14-22-3-2-20(25-14)26-15-10-17(11-15)29-19-13-16(27-6-8-28-9-7-27)12-18-21(19)24-5-4-23-18/h2-5,12-13,15,17H,6-11H2,1H3,(H,22,25,26). The van der Waals surface area contributed by atoms with Gasteiger partial charge >= 0.3 is 0 Å². The quantitative estimate of drug-likeness (QED) is 0.709. The van der Waals surface area contributed by atoms with Crippen molar-refractivity contribution in [2.75, 3.05) is 36.5 Å². The van der Waals surface area contributed by atoms with Crippen LogP contribution >= 0.6 is 0 Å². The molecule has 1 saturated carbocycles. The molecule has 1 aliphatic carbocycles. The SMILES string of the molecule is Cc1nccc(NC2CC(Oc3cc(N4CCOCC4)cc4nccnc34)C2)n1. The average Bonchev–Trinajstić information content (AvgIpc) is 2.72. The molecule has 1 aromatic carbocycles. The Morgan fingerprint density at radius 1 is 1.07 bits per heavy atom. The van der Waals surface area contributed by atoms with E-state index in [4.69, 9.17) is 9.47 Å². The Morgan fingerprint density at radius 2 is 1.90 bits per heavy atom. The summed E-state index contributed by atoms with van der Waals surface area (Å²) in [5.74, 6) is 2.44. The van der Waals surface area contributed by atoms with Gasteiger partial charge in [-0.15, -0.1) is 0 Å². The molecule has 0 amide bonds. The molecule has 2 aromatic heterocycles. The molecule has 0 atom stereocenters. The lowest BCUT2D eigenvalue weighted by atomic mass is 9.89. The molecule has 1 N–H and O–H groups in total. The number of rotatable bonds is 5. The molecule has 5 rings (SSSR count). The van der Waals surface area contributed by atoms with E-state index in [1.54, 1.807) is 18.6 Å². The van der Waals surface area contributed by atoms with E-state index in [-0.39, 0.29) is 6.10 Å². The van der Waals surface area contributed by atoms with Crippen LogP contribution in [0.15, 0.2) is 36.8 Å². The molecule has 1 saturated heterocycles. The number of ether oxygens (including phenoxy) is 2. The first-order valence-electron chi connectivity index (χ1n) is 10.0. The molecule has 8 heteroatoms. The van der Waals surface area contributed by atoms with Crippen LogP contribution in [-0.4, -0.2) is 58.4 Å². The fourth-order valence-corrected chi connectivity index (χ4v) is 3.83. The Labute approximate surface area is 169 Å². The summed E-state index contributed by atoms with van der Waals surface area (Å²) >= 11 is 0. The van der Waals surface area contributed by atoms with Gasteiger partial charge in [0, 0.05) is 62.3 Å². The van der Waals surface area contributed by atoms with Crippen molar-refractivity contribution in [3.05, 3.63) is 42.6 Å². The van der Waals surface area contributed by atoms with Crippen LogP contribution in [0.25, 0.3) is 11.0 Å². The maximum Gasteiger partial charge on any atom is 0.149 e. The summed E-state index contributed by atoms with van der Waals surface area (Å²) in [6, 6.07) is 6.44. The van der Waals surface area contributed by atoms with Crippen LogP contribution in [-0.2, 0) is 4.74 Å². The Morgan fingerprint density at radius 3 is 2.72 bits per heavy atom. The highest BCUT2D eigenvalue weighted by Gasteiger charge is 2.32. The van der Waals surface area contributed by atoms with E-state index in [9.17, 15) is 0 Å². The first-order chi connectivity index (χ1) is 14.2. The summed E-state index contributed by atoms with van der Waals surface area (Å²) in [4.78, 5) is 19.9. The molecule has 2 fully saturated rings. The smallest absolute Gasteiger partial charge is 0.149 e. The van der Waals surface area contributed by atoms with Gasteiger partial charge in [0.2, 0.25) is 0 Å². The topological polar surface area (TPSA) is 85.3 Å². The lowest BCUT2D eigenvalue weighted by Gasteiger charge is -2.36. The van der Waals surface area contributed by atoms with Gasteiger partial charge in [-0.3, -0.25) is 4.98 Å². The maximum absolute atomic E-state index is 6.35. The van der Waals surface area contributed by atoms with E-state index in [2.05, 4.69) is 42.3 Å². The number of aryl methyl sites for hydroxylation is 1. The number of hydrogen-bond donors (Lipinski definition) is 1. The second kappa shape index (κ2) is 7.79. The third-order valence-electron chi connectivity index (χ3n) is 5.42. The number of fused-ring (bicyclic) bond motifs is 1. The van der Waals surface area contributed by atoms with E-state index in [1.807, 2.05) is 13.0 Å². The molecule has 3 heterocycles. The summed E-state index contributed by atoms with van der Waals surface area (Å²) in [6.45, 7) is 5.13. The van der Waals surface area contributed by atoms with Gasteiger partial charge in [-0.1, -0.05) is 0 Å². The monoisotopic (exact) mass is 392 g/mol. The molecule has 0 spiro atoms. The molecule has 29 heavy (non-hydrogen) atoms. The van der Waals surface area contributed by atoms with E-state index < -0.39 is 0 Å². The lowest BCUT2D eigenvalue weighted by molar-refractivity contribution is 0.109. The van der Waals surface area contributed by atoms with E-state index >= 15 is 0 Å². The van der Waals surface area contributed by atoms with Crippen LogP contribution in [0.5, 0.6) is 5.75 Å². The van der Waals surface area contributed by atoms with Gasteiger partial charge in [-0.05, 0) is 19.1 Å². The van der Waals surface area contributed by atoms with Gasteiger partial charge in [0.25, 0.3) is 0 Å². The van der Waals surface area contributed by atoms with Crippen molar-refractivity contribution in [2.24, 2.45) is 0 Å². The Bertz CT molecular complexity index is 1000. The molecule has 8 nitrogen and oxygen atoms in total. The van der Waals surface area contributed by atoms with Crippen LogP contribution in [0.2, 0.25) is 0 Å². The maximum atomic E-state index is 6.35. The van der Waals surface area contributed by atoms with E-state index in [0.717, 1.165) is 73.3 Å². The highest BCUT2D eigenvalue weighted by atomic mass is 16.5. The molecule has 0 unspecified atom stereocenters. The zero-order valence-electron chi connectivity index (χ0n) is 16.4. The second-order valence-electron chi connectivity index (χ2n) is 7.51. The minimum absolute atomic E-state index is 0.153. The number of aromatic nitrogens is 4. The van der Waals surface area contributed by atoms with Crippen molar-refractivity contribution in [2.45, 2.75) is 31.9 Å². The third kappa shape index (κ3) is 3.93. The van der Waals surface area contributed by atoms with Crippen molar-refractivity contribution in [1.29, 1.82) is 0 Å². The van der Waals surface area contributed by atoms with Crippen molar-refractivity contribution in [1.82, 2.24) is 19.9 Å². The van der Waals surface area contributed by atoms with Crippen molar-refractivity contribution < 1.29 is 9.47 Å². The first-order valence-corrected chi connectivity index (χ1v) is 10.0. The summed E-state index contributed by atoms with van der Waals surface area (Å²) < 4.78 is 11.8. The number of anilines is 2. The van der Waals surface area contributed by atoms with Gasteiger partial charge in [-0.25, -0.2) is 15.0 Å². The number of nitrogens with zero attached hydrogens (tertiary/aromatic N) is 5. The summed E-state index contributed by atoms with van der Waals surface area (Å²) in [5.41, 5.74) is 2.78. The minimum atomic E-state index is 0.153. The van der Waals surface area contributed by atoms with Crippen LogP contribution in [0.3, 0.4) is 0 Å². The lowest BCUT2D eigenvalue weighted by Crippen LogP contribution is -2.42. The molecule has 150 valence electrons. The normalized spacial score (nSPS) is 21.6. The number of benzene rings is 1. The highest BCUT2D eigenvalue weighted by molar-refractivity contribution is 5.85. The Balaban J connectivity index is 1.30. The largest absolute Gasteiger partial charge is 0.488 e. The van der Waals surface area contributed by atoms with Crippen molar-refractivity contribution in [3.63, 3.8) is 0 Å². The fraction of sp³-hybridized carbons (Fsp3) is 0.429. The number of nitrogens with one attached hydrogen (secondary N) is 1. The molecule has 3 aromatic rings. The van der Waals surface area contributed by atoms with E-state index in [1.165, 1.54) is 0 Å². The third-order valence-corrected chi connectivity index (χ3v) is 5.42. The van der Waals surface area contributed by atoms with Crippen molar-refractivity contribution in [3.8, 4) is 5.75 Å². The molecule has 0 radical (unpaired) electrons. The Kier molecular flexibility index (Phi) is 4.85. The molecule has 2 aliphatic rings. The summed E-state index contributed by atoms with van der Waals surface area (Å²) in [6.07, 6.45) is 7.22. The zero-order chi connectivity index (χ0) is 19.6. The number of hydrogen-bond acceptors (Lipinski definition) is 8. The molecule has 1 aliphatic heterocycles. The van der Waals surface area contributed by atoms with Gasteiger partial charge in [0.1, 0.15) is 29.0 Å².